The Balaban J connectivity index is 2.53. The van der Waals surface area contributed by atoms with Crippen molar-refractivity contribution in [1.29, 1.82) is 0 Å². The van der Waals surface area contributed by atoms with Crippen molar-refractivity contribution in [2.45, 2.75) is 13.8 Å². The maximum absolute atomic E-state index is 13.3. The van der Waals surface area contributed by atoms with Gasteiger partial charge < -0.3 is 0 Å². The largest absolute Gasteiger partial charge is 0.289 e. The zero-order valence-electron chi connectivity index (χ0n) is 10.4. The second kappa shape index (κ2) is 5.43. The third-order valence-electron chi connectivity index (χ3n) is 2.95. The molecule has 2 aromatic rings. The highest BCUT2D eigenvalue weighted by Gasteiger charge is 2.15. The van der Waals surface area contributed by atoms with Crippen LogP contribution in [-0.2, 0) is 0 Å². The smallest absolute Gasteiger partial charge is 0.194 e. The van der Waals surface area contributed by atoms with Crippen LogP contribution < -0.4 is 0 Å². The molecule has 2 aromatic carbocycles. The van der Waals surface area contributed by atoms with Gasteiger partial charge in [-0.15, -0.1) is 0 Å². The molecular formula is C15H11BrClFO. The van der Waals surface area contributed by atoms with Crippen LogP contribution in [0.15, 0.2) is 34.8 Å². The predicted molar refractivity (Wildman–Crippen MR) is 78.5 cm³/mol. The van der Waals surface area contributed by atoms with Crippen LogP contribution in [0.25, 0.3) is 0 Å². The zero-order chi connectivity index (χ0) is 14.2. The fraction of sp³-hybridized carbons (Fsp3) is 0.133. The average Bonchev–Trinajstić information content (AvgIpc) is 2.31. The summed E-state index contributed by atoms with van der Waals surface area (Å²) >= 11 is 9.27. The van der Waals surface area contributed by atoms with Crippen molar-refractivity contribution in [2.75, 3.05) is 0 Å². The Kier molecular flexibility index (Phi) is 4.07. The molecule has 0 aromatic heterocycles. The lowest BCUT2D eigenvalue weighted by molar-refractivity contribution is 0.103. The van der Waals surface area contributed by atoms with Crippen molar-refractivity contribution in [3.8, 4) is 0 Å². The van der Waals surface area contributed by atoms with Gasteiger partial charge in [0.1, 0.15) is 5.82 Å². The van der Waals surface area contributed by atoms with Crippen molar-refractivity contribution < 1.29 is 9.18 Å². The van der Waals surface area contributed by atoms with Crippen LogP contribution in [0.2, 0.25) is 5.02 Å². The van der Waals surface area contributed by atoms with Gasteiger partial charge in [-0.1, -0.05) is 27.5 Å². The molecule has 0 atom stereocenters. The lowest BCUT2D eigenvalue weighted by Crippen LogP contribution is -2.04. The standard InChI is InChI=1S/C15H11BrClFO/c1-8-3-13(14(17)4-9(8)2)15(19)10-5-11(16)7-12(18)6-10/h3-7H,1-2H3. The van der Waals surface area contributed by atoms with Gasteiger partial charge in [0.25, 0.3) is 0 Å². The molecule has 0 aliphatic carbocycles. The molecule has 0 saturated carbocycles. The van der Waals surface area contributed by atoms with Gasteiger partial charge in [-0.05, 0) is 55.3 Å². The van der Waals surface area contributed by atoms with E-state index in [4.69, 9.17) is 11.6 Å². The van der Waals surface area contributed by atoms with E-state index in [1.54, 1.807) is 18.2 Å². The third-order valence-corrected chi connectivity index (χ3v) is 3.72. The number of halogens is 3. The molecule has 0 aliphatic rings. The van der Waals surface area contributed by atoms with Gasteiger partial charge in [-0.25, -0.2) is 4.39 Å². The summed E-state index contributed by atoms with van der Waals surface area (Å²) < 4.78 is 13.9. The van der Waals surface area contributed by atoms with Crippen LogP contribution >= 0.6 is 27.5 Å². The number of hydrogen-bond donors (Lipinski definition) is 0. The Morgan fingerprint density at radius 3 is 2.37 bits per heavy atom. The molecule has 0 unspecified atom stereocenters. The van der Waals surface area contributed by atoms with Crippen LogP contribution in [0.3, 0.4) is 0 Å². The molecule has 0 spiro atoms. The first-order valence-corrected chi connectivity index (χ1v) is 6.83. The van der Waals surface area contributed by atoms with E-state index in [2.05, 4.69) is 15.9 Å². The normalized spacial score (nSPS) is 10.6. The third kappa shape index (κ3) is 3.04. The number of carbonyl (C=O) groups excluding carboxylic acids is 1. The summed E-state index contributed by atoms with van der Waals surface area (Å²) in [4.78, 5) is 12.4. The molecule has 2 rings (SSSR count). The van der Waals surface area contributed by atoms with E-state index in [0.29, 0.717) is 15.1 Å². The first-order chi connectivity index (χ1) is 8.88. The van der Waals surface area contributed by atoms with Gasteiger partial charge in [0, 0.05) is 15.6 Å². The molecule has 0 amide bonds. The van der Waals surface area contributed by atoms with Gasteiger partial charge in [-0.3, -0.25) is 4.79 Å². The van der Waals surface area contributed by atoms with E-state index in [0.717, 1.165) is 11.1 Å². The summed E-state index contributed by atoms with van der Waals surface area (Å²) in [5.41, 5.74) is 2.66. The summed E-state index contributed by atoms with van der Waals surface area (Å²) in [5, 5.41) is 0.383. The molecular weight excluding hydrogens is 331 g/mol. The van der Waals surface area contributed by atoms with E-state index in [1.807, 2.05) is 13.8 Å². The molecule has 0 fully saturated rings. The highest BCUT2D eigenvalue weighted by molar-refractivity contribution is 9.10. The Morgan fingerprint density at radius 2 is 1.74 bits per heavy atom. The summed E-state index contributed by atoms with van der Waals surface area (Å²) in [5.74, 6) is -0.744. The van der Waals surface area contributed by atoms with E-state index < -0.39 is 5.82 Å². The van der Waals surface area contributed by atoms with Crippen LogP contribution in [0.1, 0.15) is 27.0 Å². The summed E-state index contributed by atoms with van der Waals surface area (Å²) in [6.45, 7) is 3.83. The molecule has 1 nitrogen and oxygen atoms in total. The zero-order valence-corrected chi connectivity index (χ0v) is 12.8. The Morgan fingerprint density at radius 1 is 1.11 bits per heavy atom. The molecule has 0 radical (unpaired) electrons. The fourth-order valence-electron chi connectivity index (χ4n) is 1.80. The van der Waals surface area contributed by atoms with Crippen LogP contribution in [0.5, 0.6) is 0 Å². The van der Waals surface area contributed by atoms with Crippen molar-refractivity contribution in [3.05, 3.63) is 67.9 Å². The summed E-state index contributed by atoms with van der Waals surface area (Å²) in [7, 11) is 0. The Hall–Kier alpha value is -1.19. The monoisotopic (exact) mass is 340 g/mol. The van der Waals surface area contributed by atoms with Crippen molar-refractivity contribution in [3.63, 3.8) is 0 Å². The highest BCUT2D eigenvalue weighted by atomic mass is 79.9. The molecule has 0 saturated heterocycles. The first kappa shape index (κ1) is 14.2. The minimum absolute atomic E-state index is 0.275. The van der Waals surface area contributed by atoms with Gasteiger partial charge in [-0.2, -0.15) is 0 Å². The number of carbonyl (C=O) groups is 1. The second-order valence-electron chi connectivity index (χ2n) is 4.40. The van der Waals surface area contributed by atoms with Gasteiger partial charge in [0.15, 0.2) is 5.78 Å². The molecule has 4 heteroatoms. The molecule has 0 bridgehead atoms. The molecule has 98 valence electrons. The summed E-state index contributed by atoms with van der Waals surface area (Å²) in [6.07, 6.45) is 0. The number of ketones is 1. The fourth-order valence-corrected chi connectivity index (χ4v) is 2.56. The van der Waals surface area contributed by atoms with E-state index in [1.165, 1.54) is 12.1 Å². The highest BCUT2D eigenvalue weighted by Crippen LogP contribution is 2.25. The lowest BCUT2D eigenvalue weighted by atomic mass is 9.99. The SMILES string of the molecule is Cc1cc(Cl)c(C(=O)c2cc(F)cc(Br)c2)cc1C. The molecule has 0 heterocycles. The quantitative estimate of drug-likeness (QED) is 0.695. The topological polar surface area (TPSA) is 17.1 Å². The summed E-state index contributed by atoms with van der Waals surface area (Å²) in [6, 6.07) is 7.57. The van der Waals surface area contributed by atoms with Crippen molar-refractivity contribution in [2.24, 2.45) is 0 Å². The van der Waals surface area contributed by atoms with E-state index in [9.17, 15) is 9.18 Å². The molecule has 0 N–H and O–H groups in total. The lowest BCUT2D eigenvalue weighted by Gasteiger charge is -2.08. The average molecular weight is 342 g/mol. The van der Waals surface area contributed by atoms with Gasteiger partial charge in [0.2, 0.25) is 0 Å². The van der Waals surface area contributed by atoms with E-state index >= 15 is 0 Å². The van der Waals surface area contributed by atoms with Crippen molar-refractivity contribution >= 4 is 33.3 Å². The van der Waals surface area contributed by atoms with E-state index in [-0.39, 0.29) is 11.3 Å². The Labute approximate surface area is 124 Å². The number of benzene rings is 2. The van der Waals surface area contributed by atoms with Gasteiger partial charge >= 0.3 is 0 Å². The maximum Gasteiger partial charge on any atom is 0.194 e. The van der Waals surface area contributed by atoms with Crippen LogP contribution in [-0.4, -0.2) is 5.78 Å². The molecule has 19 heavy (non-hydrogen) atoms. The Bertz CT molecular complexity index is 647. The number of hydrogen-bond acceptors (Lipinski definition) is 1. The van der Waals surface area contributed by atoms with Gasteiger partial charge in [0.05, 0.1) is 5.02 Å². The second-order valence-corrected chi connectivity index (χ2v) is 5.73. The first-order valence-electron chi connectivity index (χ1n) is 5.66. The predicted octanol–water partition coefficient (Wildman–Crippen LogP) is 5.09. The molecule has 0 aliphatic heterocycles. The minimum atomic E-state index is -0.460. The number of rotatable bonds is 2. The maximum atomic E-state index is 13.3. The van der Waals surface area contributed by atoms with Crippen LogP contribution in [0, 0.1) is 19.7 Å². The minimum Gasteiger partial charge on any atom is -0.289 e. The number of aryl methyl sites for hydroxylation is 2. The van der Waals surface area contributed by atoms with Crippen LogP contribution in [0.4, 0.5) is 4.39 Å². The van der Waals surface area contributed by atoms with Crippen molar-refractivity contribution in [1.82, 2.24) is 0 Å².